The number of allylic oxidation sites excluding steroid dienone is 12. The molecular formula is C48H48I6N6O12. The zero-order valence-electron chi connectivity index (χ0n) is 39.5. The summed E-state index contributed by atoms with van der Waals surface area (Å²) in [5.74, 6) is -9.35. The number of esters is 6. The van der Waals surface area contributed by atoms with E-state index in [1.54, 1.807) is 231 Å². The number of hydrogen-bond acceptors (Lipinski definition) is 18. The predicted molar refractivity (Wildman–Crippen MR) is 316 cm³/mol. The highest BCUT2D eigenvalue weighted by atomic mass is 127. The molecule has 0 amide bonds. The molecule has 0 radical (unpaired) electrons. The molecule has 1 fully saturated rings. The molecule has 24 heteroatoms. The first-order valence-electron chi connectivity index (χ1n) is 21.8. The van der Waals surface area contributed by atoms with Gasteiger partial charge in [0.2, 0.25) is 3.61 Å². The number of halogens is 6. The maximum atomic E-state index is 15.4. The zero-order valence-corrected chi connectivity index (χ0v) is 52.4. The van der Waals surface area contributed by atoms with Crippen molar-refractivity contribution < 1.29 is 57.2 Å². The first kappa shape index (κ1) is 56.6. The minimum absolute atomic E-state index is 0.00689. The summed E-state index contributed by atoms with van der Waals surface area (Å²) in [6, 6.07) is 0. The fraction of sp³-hybridized carbons (Fsp3) is 0.375. The van der Waals surface area contributed by atoms with Crippen LogP contribution in [0.3, 0.4) is 0 Å². The topological polar surface area (TPSA) is 177 Å². The normalized spacial score (nSPS) is 28.2. The van der Waals surface area contributed by atoms with Gasteiger partial charge < -0.3 is 57.8 Å². The molecule has 0 aromatic rings. The fourth-order valence-corrected chi connectivity index (χ4v) is 17.3. The van der Waals surface area contributed by atoms with Crippen molar-refractivity contribution in [3.63, 3.8) is 0 Å². The molecule has 18 nitrogen and oxygen atoms in total. The van der Waals surface area contributed by atoms with E-state index in [-0.39, 0.29) is 72.7 Å². The first-order valence-corrected chi connectivity index (χ1v) is 28.3. The smallest absolute Gasteiger partial charge is 0.363 e. The van der Waals surface area contributed by atoms with Crippen molar-refractivity contribution in [3.05, 3.63) is 144 Å². The number of carbonyl (C=O) groups excluding carboxylic acids is 6. The summed E-state index contributed by atoms with van der Waals surface area (Å²) in [7, 11) is 10.4. The second-order valence-corrected chi connectivity index (χ2v) is 29.0. The van der Waals surface area contributed by atoms with Crippen LogP contribution in [-0.4, -0.2) is 168 Å². The molecule has 6 heterocycles. The van der Waals surface area contributed by atoms with Gasteiger partial charge in [-0.2, -0.15) is 0 Å². The SMILES string of the molecule is CN1C=CC=C(C(=O)OC2(I)C(OC(=O)C3=CC=CN(C)C3)(OC(=O)C3=CC=CN(C)C3)C(I)(OC(=O)C3=CC=CN(C)C3)[C@](I)(OC(=O)C3=CC=CN(C)C3)[C@](I)(OC(=O)C3=CC=CN(C)C3)C2(I)I)C1. The Labute approximate surface area is 498 Å². The van der Waals surface area contributed by atoms with Crippen LogP contribution >= 0.6 is 136 Å². The van der Waals surface area contributed by atoms with E-state index in [2.05, 4.69) is 0 Å². The van der Waals surface area contributed by atoms with Gasteiger partial charge in [0, 0.05) is 81.6 Å². The van der Waals surface area contributed by atoms with Gasteiger partial charge in [-0.15, -0.1) is 0 Å². The van der Waals surface area contributed by atoms with Crippen molar-refractivity contribution in [2.45, 2.75) is 21.6 Å². The average Bonchev–Trinajstić information content (AvgIpc) is 3.32. The average molecular weight is 1660 g/mol. The lowest BCUT2D eigenvalue weighted by Gasteiger charge is -2.66. The monoisotopic (exact) mass is 1660 g/mol. The Morgan fingerprint density at radius 3 is 0.792 bits per heavy atom. The Kier molecular flexibility index (Phi) is 17.5. The second kappa shape index (κ2) is 22.2. The number of nitrogens with zero attached hydrogens (tertiary/aromatic N) is 6. The van der Waals surface area contributed by atoms with Crippen LogP contribution in [0.4, 0.5) is 0 Å². The van der Waals surface area contributed by atoms with Crippen LogP contribution < -0.4 is 0 Å². The van der Waals surface area contributed by atoms with Crippen LogP contribution in [-0.2, 0) is 57.2 Å². The van der Waals surface area contributed by atoms with E-state index in [0.717, 1.165) is 0 Å². The summed E-state index contributed by atoms with van der Waals surface area (Å²) in [6.07, 6.45) is 29.4. The lowest BCUT2D eigenvalue weighted by Crippen LogP contribution is -2.90. The van der Waals surface area contributed by atoms with Gasteiger partial charge >= 0.3 is 41.6 Å². The molecule has 0 bridgehead atoms. The number of likely N-dealkylation sites (N-methyl/N-ethyl adjacent to an activating group) is 6. The van der Waals surface area contributed by atoms with Gasteiger partial charge in [0.1, 0.15) is 0 Å². The van der Waals surface area contributed by atoms with Gasteiger partial charge in [0.05, 0.1) is 33.4 Å². The van der Waals surface area contributed by atoms with Crippen molar-refractivity contribution in [1.29, 1.82) is 0 Å². The Bertz CT molecular complexity index is 2610. The van der Waals surface area contributed by atoms with Crippen LogP contribution in [0.15, 0.2) is 144 Å². The van der Waals surface area contributed by atoms with Gasteiger partial charge in [-0.25, -0.2) is 28.8 Å². The van der Waals surface area contributed by atoms with Crippen molar-refractivity contribution in [2.24, 2.45) is 0 Å². The van der Waals surface area contributed by atoms with E-state index in [4.69, 9.17) is 28.4 Å². The number of carbonyl (C=O) groups is 6. The standard InChI is InChI=1S/C48H48I6N6O12/c1-55-19-7-13-31(25-55)37(61)67-44(51)43(49,50)45(52,68-38(62)32-14-8-20-56(2)26-32)48(71-41(65)35-17-11-23-59(5)29-35,72-42(66)36-18-12-24-60(6)30-36)47(54,70-40(64)34-16-10-22-58(4)28-34)46(44,53)69-39(63)33-15-9-21-57(3)27-33/h7-24H,25-30H2,1-6H3/t44-,45?,46-,47?/m1/s1. The second-order valence-electron chi connectivity index (χ2n) is 17.6. The third kappa shape index (κ3) is 10.7. The van der Waals surface area contributed by atoms with Gasteiger partial charge in [0.15, 0.2) is 1.43 Å². The third-order valence-corrected chi connectivity index (χ3v) is 28.0. The van der Waals surface area contributed by atoms with Gasteiger partial charge in [-0.05, 0) is 200 Å². The molecule has 384 valence electrons. The molecule has 0 spiro atoms. The van der Waals surface area contributed by atoms with E-state index in [1.165, 1.54) is 18.2 Å². The van der Waals surface area contributed by atoms with Crippen LogP contribution in [0.5, 0.6) is 0 Å². The summed E-state index contributed by atoms with van der Waals surface area (Å²) < 4.78 is 28.3. The Morgan fingerprint density at radius 2 is 0.542 bits per heavy atom. The Hall–Kier alpha value is -3.12. The molecule has 0 N–H and O–H groups in total. The largest absolute Gasteiger partial charge is 0.437 e. The van der Waals surface area contributed by atoms with Gasteiger partial charge in [0.25, 0.3) is 10.8 Å². The van der Waals surface area contributed by atoms with E-state index >= 15 is 28.8 Å². The van der Waals surface area contributed by atoms with E-state index in [1.807, 2.05) is 67.8 Å². The summed E-state index contributed by atoms with van der Waals surface area (Å²) in [4.78, 5) is 102. The quantitative estimate of drug-likeness (QED) is 0.0693. The molecule has 6 aliphatic heterocycles. The first-order chi connectivity index (χ1) is 33.8. The van der Waals surface area contributed by atoms with Crippen LogP contribution in [0, 0.1) is 0 Å². The highest BCUT2D eigenvalue weighted by Crippen LogP contribution is 2.77. The molecule has 72 heavy (non-hydrogen) atoms. The molecule has 1 saturated carbocycles. The lowest BCUT2D eigenvalue weighted by molar-refractivity contribution is -0.345. The molecule has 4 atom stereocenters. The maximum absolute atomic E-state index is 15.4. The highest BCUT2D eigenvalue weighted by molar-refractivity contribution is 14.2. The van der Waals surface area contributed by atoms with Crippen LogP contribution in [0.2, 0.25) is 0 Å². The van der Waals surface area contributed by atoms with Crippen molar-refractivity contribution in [1.82, 2.24) is 29.4 Å². The molecular weight excluding hydrogens is 1610 g/mol. The van der Waals surface area contributed by atoms with E-state index in [9.17, 15) is 0 Å². The minimum atomic E-state index is -3.23. The third-order valence-electron chi connectivity index (χ3n) is 11.8. The lowest BCUT2D eigenvalue weighted by atomic mass is 9.81. The minimum Gasteiger partial charge on any atom is -0.437 e. The maximum Gasteiger partial charge on any atom is 0.363 e. The number of rotatable bonds is 12. The fourth-order valence-electron chi connectivity index (χ4n) is 8.09. The summed E-state index contributed by atoms with van der Waals surface area (Å²) >= 11 is 10.8. The number of ether oxygens (including phenoxy) is 6. The Morgan fingerprint density at radius 1 is 0.333 bits per heavy atom. The summed E-state index contributed by atoms with van der Waals surface area (Å²) in [5.41, 5.74) is 0.545. The van der Waals surface area contributed by atoms with E-state index in [0.29, 0.717) is 0 Å². The number of hydrogen-bond donors (Lipinski definition) is 0. The molecule has 0 saturated heterocycles. The van der Waals surface area contributed by atoms with Crippen molar-refractivity contribution >= 4 is 171 Å². The van der Waals surface area contributed by atoms with Crippen LogP contribution in [0.25, 0.3) is 0 Å². The zero-order chi connectivity index (χ0) is 52.6. The predicted octanol–water partition coefficient (Wildman–Crippen LogP) is 6.36. The number of alkyl halides is 6. The molecule has 1 aliphatic carbocycles. The van der Waals surface area contributed by atoms with Crippen molar-refractivity contribution in [3.8, 4) is 0 Å². The summed E-state index contributed by atoms with van der Waals surface area (Å²) in [5, 5.41) is 0. The van der Waals surface area contributed by atoms with Gasteiger partial charge in [-0.1, -0.05) is 45.2 Å². The van der Waals surface area contributed by atoms with Crippen LogP contribution in [0.1, 0.15) is 0 Å². The molecule has 2 unspecified atom stereocenters. The van der Waals surface area contributed by atoms with Crippen molar-refractivity contribution in [2.75, 3.05) is 81.6 Å². The van der Waals surface area contributed by atoms with E-state index < -0.39 is 57.5 Å². The molecule has 7 rings (SSSR count). The Balaban J connectivity index is 1.61. The molecule has 7 aliphatic rings. The molecule has 0 aromatic heterocycles. The highest BCUT2D eigenvalue weighted by Gasteiger charge is 2.97. The molecule has 0 aromatic carbocycles. The van der Waals surface area contributed by atoms with Gasteiger partial charge in [-0.3, -0.25) is 0 Å². The summed E-state index contributed by atoms with van der Waals surface area (Å²) in [6.45, 7) is 0.172.